The van der Waals surface area contributed by atoms with Crippen molar-refractivity contribution in [2.75, 3.05) is 19.0 Å². The van der Waals surface area contributed by atoms with Gasteiger partial charge in [-0.05, 0) is 18.6 Å². The van der Waals surface area contributed by atoms with Gasteiger partial charge in [0.2, 0.25) is 5.88 Å². The number of para-hydroxylation sites is 1. The third-order valence-electron chi connectivity index (χ3n) is 3.29. The van der Waals surface area contributed by atoms with Crippen LogP contribution >= 0.6 is 24.0 Å². The first-order valence-electron chi connectivity index (χ1n) is 7.95. The summed E-state index contributed by atoms with van der Waals surface area (Å²) in [4.78, 5) is 8.63. The molecular formula is C18H25IN4O2. The average Bonchev–Trinajstić information content (AvgIpc) is 2.61. The molecule has 2 rings (SSSR count). The summed E-state index contributed by atoms with van der Waals surface area (Å²) >= 11 is 0. The topological polar surface area (TPSA) is 81.8 Å². The molecule has 0 aliphatic heterocycles. The van der Waals surface area contributed by atoms with Gasteiger partial charge in [0, 0.05) is 30.1 Å². The van der Waals surface area contributed by atoms with Crippen LogP contribution in [0, 0.1) is 0 Å². The number of guanidine groups is 1. The fourth-order valence-electron chi connectivity index (χ4n) is 2.14. The van der Waals surface area contributed by atoms with Crippen molar-refractivity contribution in [2.24, 2.45) is 10.7 Å². The largest absolute Gasteiger partial charge is 0.477 e. The lowest BCUT2D eigenvalue weighted by Gasteiger charge is -2.11. The Bertz CT molecular complexity index is 680. The number of halogens is 1. The minimum absolute atomic E-state index is 0. The van der Waals surface area contributed by atoms with E-state index in [4.69, 9.17) is 15.2 Å². The van der Waals surface area contributed by atoms with Crippen LogP contribution in [-0.4, -0.2) is 24.7 Å². The number of nitrogens with one attached hydrogen (secondary N) is 1. The maximum Gasteiger partial charge on any atom is 0.218 e. The van der Waals surface area contributed by atoms with Gasteiger partial charge in [-0.25, -0.2) is 9.98 Å². The van der Waals surface area contributed by atoms with Gasteiger partial charge < -0.3 is 20.5 Å². The van der Waals surface area contributed by atoms with Gasteiger partial charge in [0.1, 0.15) is 0 Å². The molecule has 0 fully saturated rings. The Balaban J connectivity index is 0.00000312. The van der Waals surface area contributed by atoms with Crippen LogP contribution in [0.3, 0.4) is 0 Å². The molecule has 1 aromatic heterocycles. The van der Waals surface area contributed by atoms with E-state index in [1.807, 2.05) is 36.4 Å². The highest BCUT2D eigenvalue weighted by Gasteiger charge is 2.05. The molecule has 0 unspecified atom stereocenters. The van der Waals surface area contributed by atoms with Gasteiger partial charge in [-0.3, -0.25) is 0 Å². The summed E-state index contributed by atoms with van der Waals surface area (Å²) in [5.74, 6) is 0.944. The number of ether oxygens (including phenoxy) is 2. The van der Waals surface area contributed by atoms with Crippen molar-refractivity contribution in [1.29, 1.82) is 0 Å². The van der Waals surface area contributed by atoms with Crippen LogP contribution in [0.1, 0.15) is 24.5 Å². The number of benzene rings is 1. The van der Waals surface area contributed by atoms with Gasteiger partial charge >= 0.3 is 0 Å². The number of anilines is 1. The highest BCUT2D eigenvalue weighted by Crippen LogP contribution is 2.17. The van der Waals surface area contributed by atoms with Crippen LogP contribution in [0.15, 0.2) is 47.6 Å². The average molecular weight is 456 g/mol. The molecule has 0 amide bonds. The van der Waals surface area contributed by atoms with Crippen molar-refractivity contribution in [3.05, 3.63) is 53.7 Å². The third-order valence-corrected chi connectivity index (χ3v) is 3.29. The summed E-state index contributed by atoms with van der Waals surface area (Å²) in [6, 6.07) is 11.6. The van der Waals surface area contributed by atoms with Crippen molar-refractivity contribution in [1.82, 2.24) is 4.98 Å². The first-order chi connectivity index (χ1) is 11.7. The monoisotopic (exact) mass is 456 g/mol. The number of rotatable bonds is 8. The summed E-state index contributed by atoms with van der Waals surface area (Å²) in [5.41, 5.74) is 8.81. The van der Waals surface area contributed by atoms with Crippen LogP contribution in [0.2, 0.25) is 0 Å². The molecule has 25 heavy (non-hydrogen) atoms. The fraction of sp³-hybridized carbons (Fsp3) is 0.333. The van der Waals surface area contributed by atoms with Crippen LogP contribution in [0.25, 0.3) is 0 Å². The first kappa shape index (κ1) is 21.2. The highest BCUT2D eigenvalue weighted by atomic mass is 127. The minimum Gasteiger partial charge on any atom is -0.477 e. The number of hydrogen-bond acceptors (Lipinski definition) is 4. The Morgan fingerprint density at radius 3 is 2.72 bits per heavy atom. The van der Waals surface area contributed by atoms with Gasteiger partial charge in [0.15, 0.2) is 5.96 Å². The molecule has 3 N–H and O–H groups in total. The molecule has 0 aliphatic carbocycles. The second-order valence-corrected chi connectivity index (χ2v) is 5.23. The molecule has 7 heteroatoms. The maximum atomic E-state index is 6.01. The molecule has 1 aromatic carbocycles. The lowest BCUT2D eigenvalue weighted by Crippen LogP contribution is -2.23. The first-order valence-corrected chi connectivity index (χ1v) is 7.95. The zero-order valence-corrected chi connectivity index (χ0v) is 16.9. The van der Waals surface area contributed by atoms with E-state index in [1.54, 1.807) is 13.3 Å². The van der Waals surface area contributed by atoms with E-state index in [-0.39, 0.29) is 24.0 Å². The summed E-state index contributed by atoms with van der Waals surface area (Å²) in [6.45, 7) is 3.60. The molecule has 0 bridgehead atoms. The molecule has 136 valence electrons. The minimum atomic E-state index is 0. The highest BCUT2D eigenvalue weighted by molar-refractivity contribution is 14.0. The van der Waals surface area contributed by atoms with Crippen LogP contribution in [0.5, 0.6) is 5.88 Å². The second-order valence-electron chi connectivity index (χ2n) is 5.23. The fourth-order valence-corrected chi connectivity index (χ4v) is 2.14. The quantitative estimate of drug-likeness (QED) is 0.361. The van der Waals surface area contributed by atoms with Crippen molar-refractivity contribution < 1.29 is 9.47 Å². The number of aromatic nitrogens is 1. The predicted octanol–water partition coefficient (Wildman–Crippen LogP) is 3.56. The number of methoxy groups -OCH3 is 1. The zero-order chi connectivity index (χ0) is 17.2. The van der Waals surface area contributed by atoms with Crippen LogP contribution in [-0.2, 0) is 17.9 Å². The summed E-state index contributed by atoms with van der Waals surface area (Å²) in [6.07, 6.45) is 2.64. The standard InChI is InChI=1S/C18H24N4O2.HI/c1-3-11-24-17-14(8-6-10-20-17)12-21-18(19)22-16-9-5-4-7-15(16)13-23-2;/h4-10H,3,11-13H2,1-2H3,(H3,19,21,22);1H. The van der Waals surface area contributed by atoms with Gasteiger partial charge in [-0.1, -0.05) is 31.2 Å². The van der Waals surface area contributed by atoms with E-state index >= 15 is 0 Å². The molecule has 2 aromatic rings. The Morgan fingerprint density at radius 2 is 1.96 bits per heavy atom. The molecule has 0 radical (unpaired) electrons. The number of nitrogens with zero attached hydrogens (tertiary/aromatic N) is 2. The van der Waals surface area contributed by atoms with Gasteiger partial charge in [0.05, 0.1) is 19.8 Å². The molecular weight excluding hydrogens is 431 g/mol. The van der Waals surface area contributed by atoms with E-state index in [0.29, 0.717) is 31.6 Å². The Hall–Kier alpha value is -1.87. The Kier molecular flexibility index (Phi) is 9.86. The zero-order valence-electron chi connectivity index (χ0n) is 14.6. The smallest absolute Gasteiger partial charge is 0.218 e. The van der Waals surface area contributed by atoms with Crippen molar-refractivity contribution in [3.8, 4) is 5.88 Å². The molecule has 0 saturated carbocycles. The summed E-state index contributed by atoms with van der Waals surface area (Å²) in [7, 11) is 1.66. The van der Waals surface area contributed by atoms with E-state index in [9.17, 15) is 0 Å². The second kappa shape index (κ2) is 11.6. The molecule has 0 atom stereocenters. The SMILES string of the molecule is CCCOc1ncccc1CN=C(N)Nc1ccccc1COC.I. The third kappa shape index (κ3) is 6.87. The molecule has 1 heterocycles. The van der Waals surface area contributed by atoms with E-state index in [1.165, 1.54) is 0 Å². The lowest BCUT2D eigenvalue weighted by molar-refractivity contribution is 0.185. The van der Waals surface area contributed by atoms with Crippen LogP contribution < -0.4 is 15.8 Å². The van der Waals surface area contributed by atoms with Crippen molar-refractivity contribution >= 4 is 35.6 Å². The molecule has 0 aliphatic rings. The molecule has 6 nitrogen and oxygen atoms in total. The molecule has 0 saturated heterocycles. The number of nitrogens with two attached hydrogens (primary N) is 1. The normalized spacial score (nSPS) is 10.9. The van der Waals surface area contributed by atoms with Gasteiger partial charge in [0.25, 0.3) is 0 Å². The summed E-state index contributed by atoms with van der Waals surface area (Å²) < 4.78 is 10.8. The number of hydrogen-bond donors (Lipinski definition) is 2. The maximum absolute atomic E-state index is 6.01. The molecule has 0 spiro atoms. The number of aliphatic imine (C=N–C) groups is 1. The number of pyridine rings is 1. The van der Waals surface area contributed by atoms with Gasteiger partial charge in [-0.2, -0.15) is 0 Å². The van der Waals surface area contributed by atoms with E-state index < -0.39 is 0 Å². The Labute approximate surface area is 165 Å². The van der Waals surface area contributed by atoms with E-state index in [0.717, 1.165) is 23.2 Å². The van der Waals surface area contributed by atoms with Gasteiger partial charge in [-0.15, -0.1) is 24.0 Å². The predicted molar refractivity (Wildman–Crippen MR) is 112 cm³/mol. The van der Waals surface area contributed by atoms with Crippen LogP contribution in [0.4, 0.5) is 5.69 Å². The van der Waals surface area contributed by atoms with Crippen molar-refractivity contribution in [2.45, 2.75) is 26.5 Å². The van der Waals surface area contributed by atoms with E-state index in [2.05, 4.69) is 22.2 Å². The van der Waals surface area contributed by atoms with Crippen molar-refractivity contribution in [3.63, 3.8) is 0 Å². The lowest BCUT2D eigenvalue weighted by atomic mass is 10.2. The summed E-state index contributed by atoms with van der Waals surface area (Å²) in [5, 5.41) is 3.11. The Morgan fingerprint density at radius 1 is 1.20 bits per heavy atom.